The second-order valence-corrected chi connectivity index (χ2v) is 3.87. The molecule has 0 aromatic carbocycles. The van der Waals surface area contributed by atoms with Crippen LogP contribution in [0.5, 0.6) is 0 Å². The van der Waals surface area contributed by atoms with Crippen LogP contribution in [0, 0.1) is 18.8 Å². The number of piperidine rings is 1. The Morgan fingerprint density at radius 2 is 2.25 bits per heavy atom. The molecule has 3 atom stereocenters. The van der Waals surface area contributed by atoms with E-state index in [0.29, 0.717) is 5.92 Å². The van der Waals surface area contributed by atoms with Gasteiger partial charge in [0.15, 0.2) is 0 Å². The Hall–Kier alpha value is -0.830. The Balaban J connectivity index is 1.84. The summed E-state index contributed by atoms with van der Waals surface area (Å²) in [5.74, 6) is 3.32. The molecule has 1 aliphatic carbocycles. The van der Waals surface area contributed by atoms with Gasteiger partial charge >= 0.3 is 0 Å². The van der Waals surface area contributed by atoms with Gasteiger partial charge in [-0.2, -0.15) is 0 Å². The summed E-state index contributed by atoms with van der Waals surface area (Å²) in [6.07, 6.45) is 0. The molecule has 3 rings (SSSR count). The minimum Gasteiger partial charge on any atom is -0.361 e. The van der Waals surface area contributed by atoms with Gasteiger partial charge in [0.05, 0.1) is 5.69 Å². The third-order valence-electron chi connectivity index (χ3n) is 3.08. The summed E-state index contributed by atoms with van der Waals surface area (Å²) in [5, 5.41) is 7.43. The maximum Gasteiger partial charge on any atom is 0.133 e. The topological polar surface area (TPSA) is 38.1 Å². The lowest BCUT2D eigenvalue weighted by molar-refractivity contribution is 0.388. The van der Waals surface area contributed by atoms with Crippen molar-refractivity contribution >= 4 is 0 Å². The molecular weight excluding hydrogens is 152 g/mol. The Morgan fingerprint density at radius 3 is 2.83 bits per heavy atom. The van der Waals surface area contributed by atoms with Crippen LogP contribution in [0.25, 0.3) is 0 Å². The zero-order valence-corrected chi connectivity index (χ0v) is 7.08. The fourth-order valence-electron chi connectivity index (χ4n) is 2.40. The van der Waals surface area contributed by atoms with Crippen LogP contribution in [0.1, 0.15) is 17.4 Å². The first-order valence-electron chi connectivity index (χ1n) is 4.50. The van der Waals surface area contributed by atoms with Crippen LogP contribution in [0.3, 0.4) is 0 Å². The molecule has 1 aliphatic heterocycles. The van der Waals surface area contributed by atoms with Gasteiger partial charge in [-0.05, 0) is 31.8 Å². The van der Waals surface area contributed by atoms with Crippen molar-refractivity contribution in [2.24, 2.45) is 11.8 Å². The molecule has 0 radical (unpaired) electrons. The fourth-order valence-corrected chi connectivity index (χ4v) is 2.40. The lowest BCUT2D eigenvalue weighted by Gasteiger charge is -1.98. The molecule has 1 unspecified atom stereocenters. The highest BCUT2D eigenvalue weighted by atomic mass is 16.5. The molecule has 3 heteroatoms. The molecule has 1 saturated carbocycles. The predicted octanol–water partition coefficient (Wildman–Crippen LogP) is 0.916. The van der Waals surface area contributed by atoms with Crippen LogP contribution in [0.4, 0.5) is 0 Å². The van der Waals surface area contributed by atoms with E-state index in [-0.39, 0.29) is 0 Å². The van der Waals surface area contributed by atoms with Crippen LogP contribution < -0.4 is 5.32 Å². The second-order valence-electron chi connectivity index (χ2n) is 3.87. The van der Waals surface area contributed by atoms with Crippen molar-refractivity contribution < 1.29 is 4.52 Å². The molecule has 0 amide bonds. The number of fused-ring (bicyclic) bond motifs is 1. The van der Waals surface area contributed by atoms with E-state index >= 15 is 0 Å². The highest BCUT2D eigenvalue weighted by Crippen LogP contribution is 2.55. The fraction of sp³-hybridized carbons (Fsp3) is 0.667. The second kappa shape index (κ2) is 2.10. The van der Waals surface area contributed by atoms with E-state index in [1.54, 1.807) is 0 Å². The van der Waals surface area contributed by atoms with Crippen molar-refractivity contribution in [1.29, 1.82) is 0 Å². The molecule has 1 aromatic rings. The van der Waals surface area contributed by atoms with Gasteiger partial charge in [-0.15, -0.1) is 0 Å². The van der Waals surface area contributed by atoms with Gasteiger partial charge in [0, 0.05) is 12.0 Å². The molecule has 3 nitrogen and oxygen atoms in total. The summed E-state index contributed by atoms with van der Waals surface area (Å²) in [6.45, 7) is 4.29. The van der Waals surface area contributed by atoms with E-state index in [2.05, 4.69) is 16.5 Å². The summed E-state index contributed by atoms with van der Waals surface area (Å²) in [6, 6.07) is 2.07. The predicted molar refractivity (Wildman–Crippen MR) is 43.8 cm³/mol. The van der Waals surface area contributed by atoms with E-state index in [9.17, 15) is 0 Å². The molecule has 12 heavy (non-hydrogen) atoms. The van der Waals surface area contributed by atoms with Gasteiger partial charge in [0.25, 0.3) is 0 Å². The molecule has 2 heterocycles. The average Bonchev–Trinajstić information content (AvgIpc) is 2.55. The lowest BCUT2D eigenvalue weighted by atomic mass is 10.2. The van der Waals surface area contributed by atoms with Gasteiger partial charge in [0.1, 0.15) is 5.76 Å². The molecule has 2 aliphatic rings. The lowest BCUT2D eigenvalue weighted by Crippen LogP contribution is -2.14. The zero-order valence-electron chi connectivity index (χ0n) is 7.08. The van der Waals surface area contributed by atoms with Crippen LogP contribution >= 0.6 is 0 Å². The van der Waals surface area contributed by atoms with Crippen molar-refractivity contribution in [3.63, 3.8) is 0 Å². The summed E-state index contributed by atoms with van der Waals surface area (Å²) >= 11 is 0. The zero-order chi connectivity index (χ0) is 8.13. The number of hydrogen-bond donors (Lipinski definition) is 1. The van der Waals surface area contributed by atoms with Crippen molar-refractivity contribution in [3.05, 3.63) is 17.5 Å². The third-order valence-corrected chi connectivity index (χ3v) is 3.08. The molecule has 2 fully saturated rings. The summed E-state index contributed by atoms with van der Waals surface area (Å²) in [4.78, 5) is 0. The van der Waals surface area contributed by atoms with Crippen LogP contribution in [-0.2, 0) is 0 Å². The van der Waals surface area contributed by atoms with Gasteiger partial charge in [0.2, 0.25) is 0 Å². The molecule has 64 valence electrons. The average molecular weight is 164 g/mol. The smallest absolute Gasteiger partial charge is 0.133 e. The van der Waals surface area contributed by atoms with Gasteiger partial charge < -0.3 is 9.84 Å². The number of nitrogens with one attached hydrogen (secondary N) is 1. The Bertz CT molecular complexity index is 297. The Kier molecular flexibility index (Phi) is 1.17. The quantitative estimate of drug-likeness (QED) is 0.670. The minimum absolute atomic E-state index is 0.698. The summed E-state index contributed by atoms with van der Waals surface area (Å²) in [5.41, 5.74) is 1.17. The van der Waals surface area contributed by atoms with Gasteiger partial charge in [-0.3, -0.25) is 0 Å². The Labute approximate surface area is 71.1 Å². The molecule has 0 spiro atoms. The number of nitrogens with zero attached hydrogens (tertiary/aromatic N) is 1. The number of rotatable bonds is 1. The van der Waals surface area contributed by atoms with Crippen molar-refractivity contribution in [3.8, 4) is 0 Å². The minimum atomic E-state index is 0.698. The maximum absolute atomic E-state index is 5.06. The highest BCUT2D eigenvalue weighted by Gasteiger charge is 2.54. The molecular formula is C9H12N2O. The van der Waals surface area contributed by atoms with E-state index in [4.69, 9.17) is 4.52 Å². The first kappa shape index (κ1) is 6.66. The number of aromatic nitrogens is 1. The Morgan fingerprint density at radius 1 is 1.50 bits per heavy atom. The monoisotopic (exact) mass is 164 g/mol. The van der Waals surface area contributed by atoms with E-state index in [0.717, 1.165) is 17.6 Å². The van der Waals surface area contributed by atoms with Gasteiger partial charge in [-0.25, -0.2) is 0 Å². The van der Waals surface area contributed by atoms with Gasteiger partial charge in [-0.1, -0.05) is 5.16 Å². The first-order chi connectivity index (χ1) is 5.86. The molecule has 1 N–H and O–H groups in total. The van der Waals surface area contributed by atoms with Crippen molar-refractivity contribution in [2.75, 3.05) is 13.1 Å². The molecule has 0 bridgehead atoms. The van der Waals surface area contributed by atoms with Crippen molar-refractivity contribution in [2.45, 2.75) is 12.8 Å². The maximum atomic E-state index is 5.06. The summed E-state index contributed by atoms with van der Waals surface area (Å²) < 4.78 is 5.06. The van der Waals surface area contributed by atoms with E-state index in [1.807, 2.05) is 6.92 Å². The van der Waals surface area contributed by atoms with E-state index in [1.165, 1.54) is 18.8 Å². The van der Waals surface area contributed by atoms with Crippen LogP contribution in [-0.4, -0.2) is 18.2 Å². The SMILES string of the molecule is Cc1cc(C2[C@H]3CNC[C@@H]23)no1. The highest BCUT2D eigenvalue weighted by molar-refractivity contribution is 5.24. The largest absolute Gasteiger partial charge is 0.361 e. The number of aryl methyl sites for hydroxylation is 1. The van der Waals surface area contributed by atoms with E-state index < -0.39 is 0 Å². The first-order valence-corrected chi connectivity index (χ1v) is 4.50. The third kappa shape index (κ3) is 0.771. The normalized spacial score (nSPS) is 38.2. The molecule has 1 aromatic heterocycles. The number of hydrogen-bond acceptors (Lipinski definition) is 3. The summed E-state index contributed by atoms with van der Waals surface area (Å²) in [7, 11) is 0. The molecule has 1 saturated heterocycles. The van der Waals surface area contributed by atoms with Crippen molar-refractivity contribution in [1.82, 2.24) is 10.5 Å². The van der Waals surface area contributed by atoms with Crippen LogP contribution in [0.15, 0.2) is 10.6 Å². The standard InChI is InChI=1S/C9H12N2O/c1-5-2-8(11-12-5)9-6-3-10-4-7(6)9/h2,6-7,9-10H,3-4H2,1H3/t6-,7+,9?. The van der Waals surface area contributed by atoms with Crippen LogP contribution in [0.2, 0.25) is 0 Å².